The number of thiophene rings is 1. The van der Waals surface area contributed by atoms with Crippen LogP contribution in [0.4, 0.5) is 0 Å². The molecule has 0 saturated carbocycles. The highest BCUT2D eigenvalue weighted by molar-refractivity contribution is 7.11. The van der Waals surface area contributed by atoms with Crippen LogP contribution in [-0.4, -0.2) is 11.1 Å². The highest BCUT2D eigenvalue weighted by atomic mass is 35.5. The van der Waals surface area contributed by atoms with E-state index in [0.717, 1.165) is 0 Å². The van der Waals surface area contributed by atoms with Gasteiger partial charge in [-0.25, -0.2) is 4.79 Å². The number of hydrogen-bond acceptors (Lipinski definition) is 2. The molecule has 0 radical (unpaired) electrons. The number of carbonyl (C=O) groups is 1. The Kier molecular flexibility index (Phi) is 3.14. The van der Waals surface area contributed by atoms with Crippen LogP contribution in [0.15, 0.2) is 22.0 Å². The van der Waals surface area contributed by atoms with Crippen LogP contribution in [0.3, 0.4) is 0 Å². The zero-order valence-corrected chi connectivity index (χ0v) is 8.08. The first-order valence-corrected chi connectivity index (χ1v) is 4.59. The first-order chi connectivity index (χ1) is 5.63. The zero-order valence-electron chi connectivity index (χ0n) is 5.75. The van der Waals surface area contributed by atoms with Crippen molar-refractivity contribution < 1.29 is 9.90 Å². The van der Waals surface area contributed by atoms with Gasteiger partial charge < -0.3 is 5.11 Å². The molecule has 12 heavy (non-hydrogen) atoms. The maximum atomic E-state index is 10.6. The highest BCUT2D eigenvalue weighted by Crippen LogP contribution is 2.27. The van der Waals surface area contributed by atoms with E-state index in [4.69, 9.17) is 28.3 Å². The van der Waals surface area contributed by atoms with Gasteiger partial charge in [-0.3, -0.25) is 0 Å². The minimum absolute atomic E-state index is 0.0478. The van der Waals surface area contributed by atoms with Gasteiger partial charge in [-0.15, -0.1) is 11.3 Å². The van der Waals surface area contributed by atoms with Gasteiger partial charge in [0.05, 0.1) is 0 Å². The summed E-state index contributed by atoms with van der Waals surface area (Å²) < 4.78 is -0.218. The van der Waals surface area contributed by atoms with E-state index in [9.17, 15) is 4.79 Å². The molecular formula is C7H4Cl2O2S. The summed E-state index contributed by atoms with van der Waals surface area (Å²) in [6.07, 6.45) is 0. The highest BCUT2D eigenvalue weighted by Gasteiger charge is 2.14. The number of carboxylic acid groups (broad SMARTS) is 1. The standard InChI is InChI=1S/C7H4Cl2O2S/c8-6(9)5(7(10)11)4-2-1-3-12-4/h1-3H,(H,10,11). The molecule has 0 spiro atoms. The van der Waals surface area contributed by atoms with Crippen LogP contribution in [-0.2, 0) is 4.79 Å². The minimum Gasteiger partial charge on any atom is -0.478 e. The second kappa shape index (κ2) is 3.94. The molecule has 1 aromatic rings. The van der Waals surface area contributed by atoms with Gasteiger partial charge in [-0.2, -0.15) is 0 Å². The number of halogens is 2. The lowest BCUT2D eigenvalue weighted by molar-refractivity contribution is -0.130. The predicted octanol–water partition coefficient (Wildman–Crippen LogP) is 2.98. The molecule has 0 atom stereocenters. The summed E-state index contributed by atoms with van der Waals surface area (Å²) in [7, 11) is 0. The minimum atomic E-state index is -1.11. The molecule has 0 aliphatic heterocycles. The van der Waals surface area contributed by atoms with Gasteiger partial charge in [-0.05, 0) is 11.4 Å². The second-order valence-electron chi connectivity index (χ2n) is 1.92. The van der Waals surface area contributed by atoms with Gasteiger partial charge in [0.2, 0.25) is 0 Å². The van der Waals surface area contributed by atoms with Gasteiger partial charge in [-0.1, -0.05) is 29.3 Å². The molecule has 0 bridgehead atoms. The summed E-state index contributed by atoms with van der Waals surface area (Å²) in [6.45, 7) is 0. The van der Waals surface area contributed by atoms with Crippen molar-refractivity contribution in [2.75, 3.05) is 0 Å². The summed E-state index contributed by atoms with van der Waals surface area (Å²) in [5, 5.41) is 10.5. The van der Waals surface area contributed by atoms with Crippen LogP contribution in [0.25, 0.3) is 5.57 Å². The van der Waals surface area contributed by atoms with Crippen molar-refractivity contribution in [2.24, 2.45) is 0 Å². The average Bonchev–Trinajstić information content (AvgIpc) is 2.37. The second-order valence-corrected chi connectivity index (χ2v) is 3.81. The van der Waals surface area contributed by atoms with E-state index < -0.39 is 5.97 Å². The Bertz CT molecular complexity index is 312. The zero-order chi connectivity index (χ0) is 9.14. The lowest BCUT2D eigenvalue weighted by Crippen LogP contribution is -1.98. The normalized spacial score (nSPS) is 9.50. The van der Waals surface area contributed by atoms with E-state index in [1.54, 1.807) is 17.5 Å². The maximum Gasteiger partial charge on any atom is 0.339 e. The molecule has 0 unspecified atom stereocenters. The third kappa shape index (κ3) is 2.00. The Morgan fingerprint density at radius 1 is 1.50 bits per heavy atom. The molecule has 0 amide bonds. The van der Waals surface area contributed by atoms with Crippen molar-refractivity contribution in [3.05, 3.63) is 26.9 Å². The third-order valence-corrected chi connectivity index (χ3v) is 2.44. The summed E-state index contributed by atoms with van der Waals surface area (Å²) in [5.74, 6) is -1.11. The lowest BCUT2D eigenvalue weighted by atomic mass is 10.2. The Hall–Kier alpha value is -0.510. The quantitative estimate of drug-likeness (QED) is 0.782. The monoisotopic (exact) mass is 222 g/mol. The van der Waals surface area contributed by atoms with Gasteiger partial charge in [0, 0.05) is 4.88 Å². The van der Waals surface area contributed by atoms with E-state index in [1.165, 1.54) is 11.3 Å². The fraction of sp³-hybridized carbons (Fsp3) is 0. The van der Waals surface area contributed by atoms with Gasteiger partial charge >= 0.3 is 5.97 Å². The average molecular weight is 223 g/mol. The number of hydrogen-bond donors (Lipinski definition) is 1. The summed E-state index contributed by atoms with van der Waals surface area (Å²) >= 11 is 12.1. The van der Waals surface area contributed by atoms with Crippen LogP contribution in [0.1, 0.15) is 4.88 Å². The van der Waals surface area contributed by atoms with Crippen molar-refractivity contribution >= 4 is 46.1 Å². The van der Waals surface area contributed by atoms with Crippen LogP contribution in [0.2, 0.25) is 0 Å². The third-order valence-electron chi connectivity index (χ3n) is 1.17. The maximum absolute atomic E-state index is 10.6. The fourth-order valence-electron chi connectivity index (χ4n) is 0.700. The van der Waals surface area contributed by atoms with Crippen LogP contribution >= 0.6 is 34.5 Å². The fourth-order valence-corrected chi connectivity index (χ4v) is 1.95. The Labute approximate surface area is 83.0 Å². The summed E-state index contributed by atoms with van der Waals surface area (Å²) in [4.78, 5) is 11.2. The van der Waals surface area contributed by atoms with E-state index in [2.05, 4.69) is 0 Å². The number of rotatable bonds is 2. The first kappa shape index (κ1) is 9.58. The van der Waals surface area contributed by atoms with Crippen LogP contribution in [0.5, 0.6) is 0 Å². The largest absolute Gasteiger partial charge is 0.478 e. The van der Waals surface area contributed by atoms with Crippen LogP contribution in [0, 0.1) is 0 Å². The Balaban J connectivity index is 3.15. The SMILES string of the molecule is O=C(O)C(=C(Cl)Cl)c1cccs1. The molecule has 5 heteroatoms. The molecule has 1 N–H and O–H groups in total. The smallest absolute Gasteiger partial charge is 0.339 e. The molecule has 1 aromatic heterocycles. The molecule has 0 aliphatic rings. The van der Waals surface area contributed by atoms with E-state index in [-0.39, 0.29) is 10.1 Å². The van der Waals surface area contributed by atoms with Crippen molar-refractivity contribution in [3.63, 3.8) is 0 Å². The molecule has 0 aromatic carbocycles. The molecule has 64 valence electrons. The van der Waals surface area contributed by atoms with E-state index in [0.29, 0.717) is 4.88 Å². The molecule has 1 heterocycles. The molecule has 0 fully saturated rings. The van der Waals surface area contributed by atoms with Crippen molar-refractivity contribution in [3.8, 4) is 0 Å². The van der Waals surface area contributed by atoms with Crippen LogP contribution < -0.4 is 0 Å². The Morgan fingerprint density at radius 2 is 2.17 bits per heavy atom. The molecule has 2 nitrogen and oxygen atoms in total. The number of carboxylic acids is 1. The van der Waals surface area contributed by atoms with Gasteiger partial charge in [0.15, 0.2) is 0 Å². The van der Waals surface area contributed by atoms with E-state index in [1.807, 2.05) is 0 Å². The summed E-state index contributed by atoms with van der Waals surface area (Å²) in [6, 6.07) is 3.39. The summed E-state index contributed by atoms with van der Waals surface area (Å²) in [5.41, 5.74) is -0.0478. The van der Waals surface area contributed by atoms with Gasteiger partial charge in [0.25, 0.3) is 0 Å². The molecule has 0 aliphatic carbocycles. The number of aliphatic carboxylic acids is 1. The molecular weight excluding hydrogens is 219 g/mol. The topological polar surface area (TPSA) is 37.3 Å². The molecule has 0 saturated heterocycles. The van der Waals surface area contributed by atoms with E-state index >= 15 is 0 Å². The van der Waals surface area contributed by atoms with Gasteiger partial charge in [0.1, 0.15) is 10.1 Å². The Morgan fingerprint density at radius 3 is 2.50 bits per heavy atom. The lowest BCUT2D eigenvalue weighted by Gasteiger charge is -1.96. The molecule has 1 rings (SSSR count). The predicted molar refractivity (Wildman–Crippen MR) is 50.6 cm³/mol. The first-order valence-electron chi connectivity index (χ1n) is 2.95. The van der Waals surface area contributed by atoms with Crippen molar-refractivity contribution in [2.45, 2.75) is 0 Å². The van der Waals surface area contributed by atoms with Crippen molar-refractivity contribution in [1.82, 2.24) is 0 Å². The van der Waals surface area contributed by atoms with Crippen molar-refractivity contribution in [1.29, 1.82) is 0 Å².